The van der Waals surface area contributed by atoms with Crippen LogP contribution in [0.1, 0.15) is 32.3 Å². The van der Waals surface area contributed by atoms with Crippen LogP contribution in [0.5, 0.6) is 5.88 Å². The van der Waals surface area contributed by atoms with Crippen LogP contribution in [0.4, 0.5) is 0 Å². The van der Waals surface area contributed by atoms with Crippen molar-refractivity contribution in [1.29, 1.82) is 0 Å². The van der Waals surface area contributed by atoms with Crippen molar-refractivity contribution in [3.8, 4) is 17.1 Å². The molecule has 2 aromatic rings. The van der Waals surface area contributed by atoms with Crippen molar-refractivity contribution >= 4 is 0 Å². The first kappa shape index (κ1) is 14.1. The first-order valence-corrected chi connectivity index (χ1v) is 7.51. The summed E-state index contributed by atoms with van der Waals surface area (Å²) in [6.45, 7) is 8.57. The molecule has 0 saturated heterocycles. The molecule has 0 bridgehead atoms. The lowest BCUT2D eigenvalue weighted by atomic mass is 10.0. The molecule has 2 aromatic heterocycles. The Balaban J connectivity index is 2.06. The van der Waals surface area contributed by atoms with Gasteiger partial charge in [-0.2, -0.15) is 10.2 Å². The van der Waals surface area contributed by atoms with E-state index in [1.807, 2.05) is 21.8 Å². The van der Waals surface area contributed by atoms with E-state index in [-0.39, 0.29) is 12.5 Å². The Morgan fingerprint density at radius 1 is 1.48 bits per heavy atom. The highest BCUT2D eigenvalue weighted by Gasteiger charge is 2.28. The van der Waals surface area contributed by atoms with Crippen molar-refractivity contribution in [2.45, 2.75) is 39.8 Å². The van der Waals surface area contributed by atoms with Crippen LogP contribution in [0.15, 0.2) is 12.4 Å². The quantitative estimate of drug-likeness (QED) is 0.934. The number of aromatic nitrogens is 4. The fourth-order valence-corrected chi connectivity index (χ4v) is 2.73. The zero-order chi connectivity index (χ0) is 15.0. The summed E-state index contributed by atoms with van der Waals surface area (Å²) in [7, 11) is 0. The second kappa shape index (κ2) is 5.52. The van der Waals surface area contributed by atoms with Crippen molar-refractivity contribution in [2.24, 2.45) is 5.92 Å². The maximum atomic E-state index is 9.32. The van der Waals surface area contributed by atoms with Crippen LogP contribution in [0, 0.1) is 5.92 Å². The molecule has 1 aliphatic heterocycles. The van der Waals surface area contributed by atoms with Crippen LogP contribution < -0.4 is 4.74 Å². The van der Waals surface area contributed by atoms with Gasteiger partial charge in [0.1, 0.15) is 5.69 Å². The van der Waals surface area contributed by atoms with Crippen molar-refractivity contribution in [1.82, 2.24) is 19.6 Å². The molecule has 6 nitrogen and oxygen atoms in total. The molecule has 0 aliphatic carbocycles. The molecule has 1 unspecified atom stereocenters. The second-order valence-corrected chi connectivity index (χ2v) is 5.85. The minimum Gasteiger partial charge on any atom is -0.477 e. The van der Waals surface area contributed by atoms with Gasteiger partial charge in [-0.3, -0.25) is 4.68 Å². The molecule has 0 radical (unpaired) electrons. The highest BCUT2D eigenvalue weighted by Crippen LogP contribution is 2.38. The van der Waals surface area contributed by atoms with Crippen molar-refractivity contribution in [3.05, 3.63) is 18.0 Å². The number of aliphatic hydroxyl groups is 1. The van der Waals surface area contributed by atoms with E-state index < -0.39 is 0 Å². The van der Waals surface area contributed by atoms with Crippen molar-refractivity contribution < 1.29 is 9.84 Å². The minimum absolute atomic E-state index is 0.114. The molecule has 1 aliphatic rings. The Morgan fingerprint density at radius 2 is 2.29 bits per heavy atom. The summed E-state index contributed by atoms with van der Waals surface area (Å²) in [5.74, 6) is 1.27. The van der Waals surface area contributed by atoms with Gasteiger partial charge >= 0.3 is 0 Å². The van der Waals surface area contributed by atoms with Crippen LogP contribution in [0.2, 0.25) is 0 Å². The molecule has 21 heavy (non-hydrogen) atoms. The number of aryl methyl sites for hydroxylation is 1. The SMILES string of the molecule is CCn1cc(-c2nn3c(c2C(C)C)OCC(CO)C3)cn1. The summed E-state index contributed by atoms with van der Waals surface area (Å²) < 4.78 is 9.65. The van der Waals surface area contributed by atoms with E-state index in [1.165, 1.54) is 0 Å². The van der Waals surface area contributed by atoms with E-state index in [0.717, 1.165) is 29.2 Å². The van der Waals surface area contributed by atoms with Gasteiger partial charge in [0.2, 0.25) is 5.88 Å². The maximum absolute atomic E-state index is 9.32. The van der Waals surface area contributed by atoms with Gasteiger partial charge in [-0.15, -0.1) is 0 Å². The van der Waals surface area contributed by atoms with Gasteiger partial charge in [0.05, 0.1) is 26.0 Å². The molecule has 0 spiro atoms. The lowest BCUT2D eigenvalue weighted by Crippen LogP contribution is -2.28. The van der Waals surface area contributed by atoms with E-state index in [1.54, 1.807) is 0 Å². The molecular weight excluding hydrogens is 268 g/mol. The fourth-order valence-electron chi connectivity index (χ4n) is 2.73. The molecular formula is C15H22N4O2. The molecule has 0 amide bonds. The van der Waals surface area contributed by atoms with Gasteiger partial charge in [-0.1, -0.05) is 13.8 Å². The molecule has 3 rings (SSSR count). The first-order valence-electron chi connectivity index (χ1n) is 7.51. The number of rotatable bonds is 4. The van der Waals surface area contributed by atoms with Gasteiger partial charge in [0.25, 0.3) is 0 Å². The monoisotopic (exact) mass is 290 g/mol. The van der Waals surface area contributed by atoms with Crippen LogP contribution >= 0.6 is 0 Å². The molecule has 0 saturated carbocycles. The van der Waals surface area contributed by atoms with E-state index in [9.17, 15) is 5.11 Å². The number of aliphatic hydroxyl groups excluding tert-OH is 1. The summed E-state index contributed by atoms with van der Waals surface area (Å²) in [6, 6.07) is 0. The Hall–Kier alpha value is -1.82. The largest absolute Gasteiger partial charge is 0.477 e. The smallest absolute Gasteiger partial charge is 0.215 e. The predicted octanol–water partition coefficient (Wildman–Crippen LogP) is 1.89. The third kappa shape index (κ3) is 2.44. The second-order valence-electron chi connectivity index (χ2n) is 5.85. The van der Waals surface area contributed by atoms with E-state index >= 15 is 0 Å². The molecule has 1 N–H and O–H groups in total. The Morgan fingerprint density at radius 3 is 2.90 bits per heavy atom. The fraction of sp³-hybridized carbons (Fsp3) is 0.600. The summed E-state index contributed by atoms with van der Waals surface area (Å²) in [5, 5.41) is 18.4. The van der Waals surface area contributed by atoms with Gasteiger partial charge in [-0.05, 0) is 12.8 Å². The zero-order valence-electron chi connectivity index (χ0n) is 12.8. The van der Waals surface area contributed by atoms with E-state index in [4.69, 9.17) is 9.84 Å². The van der Waals surface area contributed by atoms with Gasteiger partial charge < -0.3 is 9.84 Å². The summed E-state index contributed by atoms with van der Waals surface area (Å²) in [4.78, 5) is 0. The summed E-state index contributed by atoms with van der Waals surface area (Å²) >= 11 is 0. The average Bonchev–Trinajstić information content (AvgIpc) is 3.09. The molecule has 0 aromatic carbocycles. The number of hydrogen-bond donors (Lipinski definition) is 1. The Labute approximate surface area is 124 Å². The van der Waals surface area contributed by atoms with Gasteiger partial charge in [-0.25, -0.2) is 4.68 Å². The first-order chi connectivity index (χ1) is 10.1. The van der Waals surface area contributed by atoms with Crippen molar-refractivity contribution in [3.63, 3.8) is 0 Å². The molecule has 114 valence electrons. The van der Waals surface area contributed by atoms with Crippen LogP contribution in [-0.2, 0) is 13.1 Å². The lowest BCUT2D eigenvalue weighted by molar-refractivity contribution is 0.107. The van der Waals surface area contributed by atoms with Crippen LogP contribution in [0.3, 0.4) is 0 Å². The van der Waals surface area contributed by atoms with Crippen LogP contribution in [0.25, 0.3) is 11.3 Å². The zero-order valence-corrected chi connectivity index (χ0v) is 12.8. The predicted molar refractivity (Wildman–Crippen MR) is 79.3 cm³/mol. The Kier molecular flexibility index (Phi) is 3.71. The normalized spacial score (nSPS) is 17.9. The number of nitrogens with zero attached hydrogens (tertiary/aromatic N) is 4. The maximum Gasteiger partial charge on any atom is 0.215 e. The van der Waals surface area contributed by atoms with Crippen LogP contribution in [-0.4, -0.2) is 37.9 Å². The van der Waals surface area contributed by atoms with E-state index in [0.29, 0.717) is 19.1 Å². The molecule has 6 heteroatoms. The highest BCUT2D eigenvalue weighted by atomic mass is 16.5. The topological polar surface area (TPSA) is 65.1 Å². The third-order valence-corrected chi connectivity index (χ3v) is 3.89. The third-order valence-electron chi connectivity index (χ3n) is 3.89. The van der Waals surface area contributed by atoms with Crippen molar-refractivity contribution in [2.75, 3.05) is 13.2 Å². The lowest BCUT2D eigenvalue weighted by Gasteiger charge is -2.23. The van der Waals surface area contributed by atoms with E-state index in [2.05, 4.69) is 25.9 Å². The molecule has 0 fully saturated rings. The average molecular weight is 290 g/mol. The van der Waals surface area contributed by atoms with Gasteiger partial charge in [0, 0.05) is 29.8 Å². The summed E-state index contributed by atoms with van der Waals surface area (Å²) in [5.41, 5.74) is 3.09. The van der Waals surface area contributed by atoms with Gasteiger partial charge in [0.15, 0.2) is 0 Å². The molecule has 3 heterocycles. The number of fused-ring (bicyclic) bond motifs is 1. The highest BCUT2D eigenvalue weighted by molar-refractivity contribution is 5.65. The summed E-state index contributed by atoms with van der Waals surface area (Å²) in [6.07, 6.45) is 3.87. The number of ether oxygens (including phenoxy) is 1. The standard InChI is InChI=1S/C15H22N4O2/c1-4-18-7-12(5-16-18)14-13(10(2)3)15-19(17-14)6-11(8-20)9-21-15/h5,7,10-11,20H,4,6,8-9H2,1-3H3. The number of hydrogen-bond acceptors (Lipinski definition) is 4. The minimum atomic E-state index is 0.114. The Bertz CT molecular complexity index is 630. The molecule has 1 atom stereocenters.